The van der Waals surface area contributed by atoms with Crippen molar-refractivity contribution in [3.05, 3.63) is 0 Å². The molecule has 2 aliphatic rings. The Bertz CT molecular complexity index is 302. The topological polar surface area (TPSA) is 69.6 Å². The van der Waals surface area contributed by atoms with Crippen molar-refractivity contribution in [2.75, 3.05) is 19.6 Å². The van der Waals surface area contributed by atoms with Gasteiger partial charge >= 0.3 is 12.0 Å². The summed E-state index contributed by atoms with van der Waals surface area (Å²) < 4.78 is 0. The third-order valence-corrected chi connectivity index (χ3v) is 3.80. The standard InChI is InChI=1S/C12H20N2O3/c15-11(16)6-10-4-5-14(8-10)12(17)13-7-9-2-1-3-9/h9-10H,1-8H2,(H,13,17)(H,15,16). The van der Waals surface area contributed by atoms with Crippen LogP contribution in [-0.4, -0.2) is 41.6 Å². The van der Waals surface area contributed by atoms with Crippen molar-refractivity contribution in [2.45, 2.75) is 32.1 Å². The van der Waals surface area contributed by atoms with Crippen LogP contribution in [0.3, 0.4) is 0 Å². The van der Waals surface area contributed by atoms with Crippen molar-refractivity contribution >= 4 is 12.0 Å². The Kier molecular flexibility index (Phi) is 3.86. The van der Waals surface area contributed by atoms with Gasteiger partial charge in [-0.1, -0.05) is 6.42 Å². The molecule has 2 fully saturated rings. The summed E-state index contributed by atoms with van der Waals surface area (Å²) in [4.78, 5) is 24.1. The van der Waals surface area contributed by atoms with Gasteiger partial charge < -0.3 is 15.3 Å². The lowest BCUT2D eigenvalue weighted by molar-refractivity contribution is -0.138. The fraction of sp³-hybridized carbons (Fsp3) is 0.833. The van der Waals surface area contributed by atoms with E-state index in [0.717, 1.165) is 13.0 Å². The second-order valence-corrected chi connectivity index (χ2v) is 5.18. The van der Waals surface area contributed by atoms with Crippen molar-refractivity contribution in [3.8, 4) is 0 Å². The smallest absolute Gasteiger partial charge is 0.317 e. The van der Waals surface area contributed by atoms with Crippen molar-refractivity contribution in [2.24, 2.45) is 11.8 Å². The van der Waals surface area contributed by atoms with Crippen molar-refractivity contribution in [3.63, 3.8) is 0 Å². The van der Waals surface area contributed by atoms with Gasteiger partial charge in [-0.25, -0.2) is 4.79 Å². The van der Waals surface area contributed by atoms with E-state index in [0.29, 0.717) is 19.0 Å². The van der Waals surface area contributed by atoms with E-state index >= 15 is 0 Å². The SMILES string of the molecule is O=C(O)CC1CCN(C(=O)NCC2CCC2)C1. The van der Waals surface area contributed by atoms with E-state index in [2.05, 4.69) is 5.32 Å². The normalized spacial score (nSPS) is 24.5. The maximum atomic E-state index is 11.8. The lowest BCUT2D eigenvalue weighted by atomic mass is 9.85. The molecule has 2 N–H and O–H groups in total. The van der Waals surface area contributed by atoms with Crippen molar-refractivity contribution in [1.82, 2.24) is 10.2 Å². The monoisotopic (exact) mass is 240 g/mol. The summed E-state index contributed by atoms with van der Waals surface area (Å²) in [6, 6.07) is -0.0233. The lowest BCUT2D eigenvalue weighted by Gasteiger charge is -2.26. The van der Waals surface area contributed by atoms with Gasteiger partial charge in [0.2, 0.25) is 0 Å². The zero-order chi connectivity index (χ0) is 12.3. The first-order chi connectivity index (χ1) is 8.15. The van der Waals surface area contributed by atoms with Crippen LogP contribution in [0.25, 0.3) is 0 Å². The van der Waals surface area contributed by atoms with E-state index in [1.165, 1.54) is 19.3 Å². The number of carbonyl (C=O) groups is 2. The van der Waals surface area contributed by atoms with Crippen LogP contribution < -0.4 is 5.32 Å². The number of amides is 2. The molecule has 0 radical (unpaired) electrons. The molecular formula is C12H20N2O3. The molecular weight excluding hydrogens is 220 g/mol. The highest BCUT2D eigenvalue weighted by atomic mass is 16.4. The van der Waals surface area contributed by atoms with Gasteiger partial charge in [0.15, 0.2) is 0 Å². The fourth-order valence-electron chi connectivity index (χ4n) is 2.47. The quantitative estimate of drug-likeness (QED) is 0.778. The van der Waals surface area contributed by atoms with E-state index < -0.39 is 5.97 Å². The van der Waals surface area contributed by atoms with Crippen LogP contribution in [0.2, 0.25) is 0 Å². The number of nitrogens with zero attached hydrogens (tertiary/aromatic N) is 1. The van der Waals surface area contributed by atoms with Gasteiger partial charge in [0.05, 0.1) is 0 Å². The zero-order valence-corrected chi connectivity index (χ0v) is 10.0. The predicted molar refractivity (Wildman–Crippen MR) is 62.7 cm³/mol. The van der Waals surface area contributed by atoms with Gasteiger partial charge in [-0.05, 0) is 31.1 Å². The molecule has 2 rings (SSSR count). The van der Waals surface area contributed by atoms with Gasteiger partial charge in [-0.15, -0.1) is 0 Å². The molecule has 17 heavy (non-hydrogen) atoms. The first-order valence-electron chi connectivity index (χ1n) is 6.39. The third-order valence-electron chi connectivity index (χ3n) is 3.80. The molecule has 0 aromatic heterocycles. The summed E-state index contributed by atoms with van der Waals surface area (Å²) in [6.45, 7) is 2.05. The molecule has 0 aromatic carbocycles. The van der Waals surface area contributed by atoms with Crippen LogP contribution in [-0.2, 0) is 4.79 Å². The highest BCUT2D eigenvalue weighted by molar-refractivity contribution is 5.74. The first-order valence-corrected chi connectivity index (χ1v) is 6.39. The van der Waals surface area contributed by atoms with Gasteiger partial charge in [0.25, 0.3) is 0 Å². The molecule has 2 amide bonds. The number of nitrogens with one attached hydrogen (secondary N) is 1. The first kappa shape index (κ1) is 12.2. The number of carbonyl (C=O) groups excluding carboxylic acids is 1. The number of rotatable bonds is 4. The molecule has 1 unspecified atom stereocenters. The number of hydrogen-bond donors (Lipinski definition) is 2. The third kappa shape index (κ3) is 3.35. The summed E-state index contributed by atoms with van der Waals surface area (Å²) in [5, 5.41) is 11.6. The Labute approximate surface area is 101 Å². The average Bonchev–Trinajstić information content (AvgIpc) is 2.62. The summed E-state index contributed by atoms with van der Waals surface area (Å²) in [6.07, 6.45) is 4.71. The summed E-state index contributed by atoms with van der Waals surface area (Å²) in [5.74, 6) is 0.0186. The maximum Gasteiger partial charge on any atom is 0.317 e. The minimum absolute atomic E-state index is 0.0233. The van der Waals surface area contributed by atoms with Crippen molar-refractivity contribution in [1.29, 1.82) is 0 Å². The maximum absolute atomic E-state index is 11.8. The Hall–Kier alpha value is -1.26. The van der Waals surface area contributed by atoms with E-state index in [1.54, 1.807) is 4.90 Å². The van der Waals surface area contributed by atoms with Crippen LogP contribution in [0.1, 0.15) is 32.1 Å². The van der Waals surface area contributed by atoms with Gasteiger partial charge in [0.1, 0.15) is 0 Å². The molecule has 0 bridgehead atoms. The van der Waals surface area contributed by atoms with E-state index in [1.807, 2.05) is 0 Å². The van der Waals surface area contributed by atoms with Gasteiger partial charge in [-0.3, -0.25) is 4.79 Å². The average molecular weight is 240 g/mol. The number of urea groups is 1. The second-order valence-electron chi connectivity index (χ2n) is 5.18. The fourth-order valence-corrected chi connectivity index (χ4v) is 2.47. The Morgan fingerprint density at radius 1 is 1.24 bits per heavy atom. The summed E-state index contributed by atoms with van der Waals surface area (Å²) in [7, 11) is 0. The number of hydrogen-bond acceptors (Lipinski definition) is 2. The van der Waals surface area contributed by atoms with Crippen LogP contribution in [0.4, 0.5) is 4.79 Å². The zero-order valence-electron chi connectivity index (χ0n) is 10.0. The van der Waals surface area contributed by atoms with Crippen LogP contribution >= 0.6 is 0 Å². The van der Waals surface area contributed by atoms with Crippen molar-refractivity contribution < 1.29 is 14.7 Å². The van der Waals surface area contributed by atoms with Crippen LogP contribution in [0.15, 0.2) is 0 Å². The summed E-state index contributed by atoms with van der Waals surface area (Å²) >= 11 is 0. The highest BCUT2D eigenvalue weighted by Crippen LogP contribution is 2.25. The molecule has 0 spiro atoms. The minimum atomic E-state index is -0.772. The predicted octanol–water partition coefficient (Wildman–Crippen LogP) is 1.29. The van der Waals surface area contributed by atoms with Crippen LogP contribution in [0.5, 0.6) is 0 Å². The number of carboxylic acids is 1. The molecule has 5 nitrogen and oxygen atoms in total. The minimum Gasteiger partial charge on any atom is -0.481 e. The van der Waals surface area contributed by atoms with Gasteiger partial charge in [-0.2, -0.15) is 0 Å². The highest BCUT2D eigenvalue weighted by Gasteiger charge is 2.28. The van der Waals surface area contributed by atoms with E-state index in [-0.39, 0.29) is 18.4 Å². The second kappa shape index (κ2) is 5.38. The van der Waals surface area contributed by atoms with Crippen LogP contribution in [0, 0.1) is 11.8 Å². The Balaban J connectivity index is 1.67. The number of aliphatic carboxylic acids is 1. The number of carboxylic acid groups (broad SMARTS) is 1. The molecule has 1 saturated carbocycles. The molecule has 1 heterocycles. The molecule has 0 aromatic rings. The number of likely N-dealkylation sites (tertiary alicyclic amines) is 1. The molecule has 1 atom stereocenters. The molecule has 1 aliphatic carbocycles. The molecule has 5 heteroatoms. The van der Waals surface area contributed by atoms with E-state index in [9.17, 15) is 9.59 Å². The Morgan fingerprint density at radius 2 is 2.00 bits per heavy atom. The largest absolute Gasteiger partial charge is 0.481 e. The van der Waals surface area contributed by atoms with Gasteiger partial charge in [0, 0.05) is 26.1 Å². The molecule has 1 aliphatic heterocycles. The molecule has 1 saturated heterocycles. The Morgan fingerprint density at radius 3 is 2.59 bits per heavy atom. The molecule has 96 valence electrons. The summed E-state index contributed by atoms with van der Waals surface area (Å²) in [5.41, 5.74) is 0. The lowest BCUT2D eigenvalue weighted by Crippen LogP contribution is -2.41. The van der Waals surface area contributed by atoms with E-state index in [4.69, 9.17) is 5.11 Å².